The molecule has 30 heavy (non-hydrogen) atoms. The molecule has 0 saturated carbocycles. The molecule has 0 spiro atoms. The number of anilines is 1. The molecule has 158 valence electrons. The van der Waals surface area contributed by atoms with Gasteiger partial charge in [0, 0.05) is 22.7 Å². The number of nitrogens with zero attached hydrogens (tertiary/aromatic N) is 1. The van der Waals surface area contributed by atoms with E-state index >= 15 is 0 Å². The number of hydrogen-bond acceptors (Lipinski definition) is 4. The van der Waals surface area contributed by atoms with Crippen LogP contribution in [0.2, 0.25) is 5.02 Å². The lowest BCUT2D eigenvalue weighted by atomic mass is 9.87. The van der Waals surface area contributed by atoms with Crippen molar-refractivity contribution in [2.45, 2.75) is 37.2 Å². The highest BCUT2D eigenvalue weighted by molar-refractivity contribution is 7.92. The predicted molar refractivity (Wildman–Crippen MR) is 117 cm³/mol. The van der Waals surface area contributed by atoms with Gasteiger partial charge in [-0.15, -0.1) is 0 Å². The van der Waals surface area contributed by atoms with Crippen molar-refractivity contribution in [2.75, 3.05) is 4.72 Å². The Bertz CT molecular complexity index is 1140. The molecule has 2 aromatic carbocycles. The van der Waals surface area contributed by atoms with E-state index < -0.39 is 16.1 Å². The fraction of sp³-hybridized carbons (Fsp3) is 0.227. The van der Waals surface area contributed by atoms with E-state index in [4.69, 9.17) is 11.6 Å². The Morgan fingerprint density at radius 1 is 1.03 bits per heavy atom. The summed E-state index contributed by atoms with van der Waals surface area (Å²) in [6, 6.07) is 14.1. The van der Waals surface area contributed by atoms with Crippen molar-refractivity contribution in [2.24, 2.45) is 0 Å². The van der Waals surface area contributed by atoms with Crippen LogP contribution in [0, 0.1) is 5.21 Å². The van der Waals surface area contributed by atoms with Crippen LogP contribution in [0.3, 0.4) is 0 Å². The molecule has 0 radical (unpaired) electrons. The summed E-state index contributed by atoms with van der Waals surface area (Å²) in [4.78, 5) is 0.109. The lowest BCUT2D eigenvalue weighted by Crippen LogP contribution is -2.24. The molecule has 8 heteroatoms. The minimum Gasteiger partial charge on any atom is -0.619 e. The molecule has 0 fully saturated rings. The van der Waals surface area contributed by atoms with Gasteiger partial charge in [-0.2, -0.15) is 4.73 Å². The molecule has 0 aliphatic rings. The average molecular weight is 447 g/mol. The molecule has 1 heterocycles. The normalized spacial score (nSPS) is 13.1. The van der Waals surface area contributed by atoms with Gasteiger partial charge in [-0.1, -0.05) is 44.5 Å². The first-order chi connectivity index (χ1) is 14.0. The van der Waals surface area contributed by atoms with Crippen molar-refractivity contribution in [1.82, 2.24) is 0 Å². The van der Waals surface area contributed by atoms with Gasteiger partial charge in [-0.3, -0.25) is 4.72 Å². The third-order valence-electron chi connectivity index (χ3n) is 4.73. The van der Waals surface area contributed by atoms with Crippen molar-refractivity contribution < 1.29 is 18.3 Å². The van der Waals surface area contributed by atoms with Crippen LogP contribution in [0.5, 0.6) is 0 Å². The van der Waals surface area contributed by atoms with E-state index in [9.17, 15) is 18.7 Å². The van der Waals surface area contributed by atoms with Crippen LogP contribution in [0.15, 0.2) is 71.9 Å². The molecule has 0 bridgehead atoms. The topological polar surface area (TPSA) is 93.3 Å². The Hall–Kier alpha value is -2.61. The Labute approximate surface area is 181 Å². The first-order valence-corrected chi connectivity index (χ1v) is 11.1. The zero-order chi connectivity index (χ0) is 22.1. The summed E-state index contributed by atoms with van der Waals surface area (Å²) in [6.45, 7) is 6.15. The summed E-state index contributed by atoms with van der Waals surface area (Å²) >= 11 is 6.08. The molecular formula is C22H23ClN2O4S. The van der Waals surface area contributed by atoms with Gasteiger partial charge in [0.15, 0.2) is 12.4 Å². The molecular weight excluding hydrogens is 424 g/mol. The van der Waals surface area contributed by atoms with Crippen molar-refractivity contribution in [1.29, 1.82) is 0 Å². The minimum atomic E-state index is -3.89. The molecule has 3 rings (SSSR count). The summed E-state index contributed by atoms with van der Waals surface area (Å²) in [7, 11) is -3.89. The van der Waals surface area contributed by atoms with Gasteiger partial charge in [0.1, 0.15) is 6.10 Å². The lowest BCUT2D eigenvalue weighted by molar-refractivity contribution is -0.605. The second-order valence-electron chi connectivity index (χ2n) is 8.01. The number of aromatic nitrogens is 1. The van der Waals surface area contributed by atoms with E-state index in [1.807, 2.05) is 20.8 Å². The quantitative estimate of drug-likeness (QED) is 0.454. The maximum absolute atomic E-state index is 12.9. The van der Waals surface area contributed by atoms with Gasteiger partial charge >= 0.3 is 0 Å². The Kier molecular flexibility index (Phi) is 6.08. The van der Waals surface area contributed by atoms with Gasteiger partial charge < -0.3 is 10.3 Å². The number of rotatable bonds is 5. The van der Waals surface area contributed by atoms with Crippen molar-refractivity contribution >= 4 is 27.3 Å². The monoisotopic (exact) mass is 446 g/mol. The smallest absolute Gasteiger partial charge is 0.261 e. The highest BCUT2D eigenvalue weighted by Crippen LogP contribution is 2.32. The van der Waals surface area contributed by atoms with Crippen LogP contribution in [0.4, 0.5) is 5.69 Å². The molecule has 2 N–H and O–H groups in total. The van der Waals surface area contributed by atoms with E-state index in [0.29, 0.717) is 15.3 Å². The standard InChI is InChI=1S/C22H23ClN2O4S/c1-22(2,3)16-4-7-18(8-5-16)30(28,29)24-20-9-6-17(23)14-19(20)21(26)15-10-12-25(27)13-11-15/h4-14,21,24,26H,1-3H3. The number of halogens is 1. The number of sulfonamides is 1. The fourth-order valence-corrected chi connectivity index (χ4v) is 4.24. The zero-order valence-corrected chi connectivity index (χ0v) is 18.4. The molecule has 1 unspecified atom stereocenters. The minimum absolute atomic E-state index is 0.0961. The Morgan fingerprint density at radius 3 is 2.20 bits per heavy atom. The van der Waals surface area contributed by atoms with Gasteiger partial charge in [0.25, 0.3) is 10.0 Å². The van der Waals surface area contributed by atoms with E-state index in [1.165, 1.54) is 42.7 Å². The molecule has 1 atom stereocenters. The molecule has 0 aliphatic heterocycles. The summed E-state index contributed by atoms with van der Waals surface area (Å²) in [5.41, 5.74) is 1.83. The van der Waals surface area contributed by atoms with Crippen molar-refractivity contribution in [3.63, 3.8) is 0 Å². The second-order valence-corrected chi connectivity index (χ2v) is 10.1. The number of benzene rings is 2. The number of aliphatic hydroxyl groups excluding tert-OH is 1. The number of aliphatic hydroxyl groups is 1. The van der Waals surface area contributed by atoms with E-state index in [0.717, 1.165) is 5.56 Å². The van der Waals surface area contributed by atoms with Crippen LogP contribution in [-0.2, 0) is 15.4 Å². The van der Waals surface area contributed by atoms with Crippen LogP contribution in [0.1, 0.15) is 43.6 Å². The summed E-state index contributed by atoms with van der Waals surface area (Å²) in [6.07, 6.45) is 1.33. The third kappa shape index (κ3) is 4.92. The lowest BCUT2D eigenvalue weighted by Gasteiger charge is -2.20. The SMILES string of the molecule is CC(C)(C)c1ccc(S(=O)(=O)Nc2ccc(Cl)cc2C(O)c2cc[n+]([O-])cc2)cc1. The number of pyridine rings is 1. The largest absolute Gasteiger partial charge is 0.619 e. The van der Waals surface area contributed by atoms with Crippen LogP contribution < -0.4 is 9.45 Å². The third-order valence-corrected chi connectivity index (χ3v) is 6.34. The van der Waals surface area contributed by atoms with Crippen molar-refractivity contribution in [3.8, 4) is 0 Å². The highest BCUT2D eigenvalue weighted by Gasteiger charge is 2.22. The maximum Gasteiger partial charge on any atom is 0.261 e. The van der Waals surface area contributed by atoms with E-state index in [1.54, 1.807) is 24.3 Å². The van der Waals surface area contributed by atoms with Crippen LogP contribution in [0.25, 0.3) is 0 Å². The molecule has 6 nitrogen and oxygen atoms in total. The molecule has 1 aromatic heterocycles. The molecule has 0 aliphatic carbocycles. The highest BCUT2D eigenvalue weighted by atomic mass is 35.5. The number of hydrogen-bond donors (Lipinski definition) is 2. The first-order valence-electron chi connectivity index (χ1n) is 9.27. The van der Waals surface area contributed by atoms with Crippen molar-refractivity contribution in [3.05, 3.63) is 93.9 Å². The predicted octanol–water partition coefficient (Wildman–Crippen LogP) is 4.15. The molecule has 0 saturated heterocycles. The summed E-state index contributed by atoms with van der Waals surface area (Å²) < 4.78 is 29.0. The van der Waals surface area contributed by atoms with Gasteiger partial charge in [-0.05, 0) is 46.9 Å². The maximum atomic E-state index is 12.9. The van der Waals surface area contributed by atoms with Gasteiger partial charge in [0.2, 0.25) is 0 Å². The summed E-state index contributed by atoms with van der Waals surface area (Å²) in [5.74, 6) is 0. The van der Waals surface area contributed by atoms with Gasteiger partial charge in [0.05, 0.1) is 10.6 Å². The van der Waals surface area contributed by atoms with Crippen LogP contribution in [-0.4, -0.2) is 13.5 Å². The van der Waals surface area contributed by atoms with Gasteiger partial charge in [-0.25, -0.2) is 8.42 Å². The van der Waals surface area contributed by atoms with Crippen LogP contribution >= 0.6 is 11.6 Å². The zero-order valence-electron chi connectivity index (χ0n) is 16.8. The molecule has 3 aromatic rings. The summed E-state index contributed by atoms with van der Waals surface area (Å²) in [5, 5.41) is 22.4. The number of nitrogens with one attached hydrogen (secondary N) is 1. The fourth-order valence-electron chi connectivity index (χ4n) is 2.98. The Balaban J connectivity index is 1.95. The second kappa shape index (κ2) is 8.26. The molecule has 0 amide bonds. The van der Waals surface area contributed by atoms with E-state index in [-0.39, 0.29) is 21.6 Å². The Morgan fingerprint density at radius 2 is 1.63 bits per heavy atom. The average Bonchev–Trinajstić information content (AvgIpc) is 2.69. The first kappa shape index (κ1) is 22.1. The van der Waals surface area contributed by atoms with E-state index in [2.05, 4.69) is 4.72 Å².